The van der Waals surface area contributed by atoms with Gasteiger partial charge in [-0.25, -0.2) is 9.78 Å². The highest BCUT2D eigenvalue weighted by Crippen LogP contribution is 2.46. The average molecular weight is 545 g/mol. The molecule has 13 heteroatoms. The Hall–Kier alpha value is -2.51. The summed E-state index contributed by atoms with van der Waals surface area (Å²) in [5, 5.41) is 21.6. The summed E-state index contributed by atoms with van der Waals surface area (Å²) >= 11 is 4.63. The Labute approximate surface area is 198 Å². The molecule has 0 spiro atoms. The Bertz CT molecular complexity index is 1220. The Kier molecular flexibility index (Phi) is 5.07. The van der Waals surface area contributed by atoms with Crippen molar-refractivity contribution in [1.29, 1.82) is 0 Å². The maximum absolute atomic E-state index is 14.6. The topological polar surface area (TPSA) is 112 Å². The van der Waals surface area contributed by atoms with Crippen LogP contribution in [0, 0.1) is 0 Å². The molecule has 9 nitrogen and oxygen atoms in total. The second kappa shape index (κ2) is 7.50. The summed E-state index contributed by atoms with van der Waals surface area (Å²) in [7, 11) is 0. The SMILES string of the molecule is CC(C)(O)C(F)(F)Oc1c(Br)cc(-c2nccs2)c2oc(N3CC4CC(C3)N4C(=O)O)nc12. The standard InChI is InChI=1S/C20H19BrF2N4O5S/c1-19(2,30)20(22,23)32-15-12(21)6-11(16-24-3-4-33-16)14-13(15)25-17(31-14)26-7-9-5-10(8-26)27(9)18(28)29/h3-4,6,9-10,30H,5,7-8H2,1-2H3,(H,28,29). The number of aromatic nitrogens is 2. The quantitative estimate of drug-likeness (QED) is 0.486. The smallest absolute Gasteiger partial charge is 0.426 e. The molecule has 2 atom stereocenters. The highest BCUT2D eigenvalue weighted by molar-refractivity contribution is 9.10. The van der Waals surface area contributed by atoms with E-state index in [1.807, 2.05) is 0 Å². The number of hydrogen-bond acceptors (Lipinski definition) is 8. The average Bonchev–Trinajstić information content (AvgIpc) is 3.39. The lowest BCUT2D eigenvalue weighted by atomic mass is 9.88. The maximum Gasteiger partial charge on any atom is 0.426 e. The molecule has 2 bridgehead atoms. The van der Waals surface area contributed by atoms with E-state index in [2.05, 4.69) is 25.9 Å². The second-order valence-electron chi connectivity index (χ2n) is 8.56. The molecule has 1 amide bonds. The van der Waals surface area contributed by atoms with Gasteiger partial charge in [0.25, 0.3) is 6.01 Å². The number of carbonyl (C=O) groups is 1. The number of halogens is 3. The second-order valence-corrected chi connectivity index (χ2v) is 10.3. The van der Waals surface area contributed by atoms with Crippen LogP contribution in [0.2, 0.25) is 0 Å². The van der Waals surface area contributed by atoms with Gasteiger partial charge in [0.05, 0.1) is 22.1 Å². The molecule has 3 saturated heterocycles. The van der Waals surface area contributed by atoms with Gasteiger partial charge in [-0.05, 0) is 42.3 Å². The van der Waals surface area contributed by atoms with Crippen molar-refractivity contribution in [3.63, 3.8) is 0 Å². The van der Waals surface area contributed by atoms with Crippen molar-refractivity contribution < 1.29 is 32.9 Å². The molecule has 3 aromatic rings. The van der Waals surface area contributed by atoms with Crippen molar-refractivity contribution in [1.82, 2.24) is 14.9 Å². The fourth-order valence-corrected chi connectivity index (χ4v) is 5.24. The Balaban J connectivity index is 1.59. The van der Waals surface area contributed by atoms with Crippen LogP contribution in [0.1, 0.15) is 20.3 Å². The molecule has 0 saturated carbocycles. The van der Waals surface area contributed by atoms with E-state index < -0.39 is 17.8 Å². The van der Waals surface area contributed by atoms with E-state index in [0.29, 0.717) is 23.7 Å². The molecule has 2 unspecified atom stereocenters. The van der Waals surface area contributed by atoms with Crippen LogP contribution in [0.15, 0.2) is 26.5 Å². The third-order valence-electron chi connectivity index (χ3n) is 5.85. The number of benzene rings is 1. The minimum Gasteiger partial charge on any atom is -0.465 e. The van der Waals surface area contributed by atoms with Gasteiger partial charge in [0.1, 0.15) is 5.01 Å². The Morgan fingerprint density at radius 1 is 1.36 bits per heavy atom. The number of aliphatic hydroxyl groups is 1. The van der Waals surface area contributed by atoms with Crippen LogP contribution in [0.25, 0.3) is 21.7 Å². The molecule has 3 fully saturated rings. The molecule has 3 aliphatic heterocycles. The first kappa shape index (κ1) is 22.3. The van der Waals surface area contributed by atoms with Crippen LogP contribution in [0.5, 0.6) is 5.75 Å². The van der Waals surface area contributed by atoms with E-state index in [0.717, 1.165) is 20.3 Å². The van der Waals surface area contributed by atoms with Gasteiger partial charge in [-0.1, -0.05) is 0 Å². The lowest BCUT2D eigenvalue weighted by Gasteiger charge is -2.54. The molecule has 176 valence electrons. The lowest BCUT2D eigenvalue weighted by molar-refractivity contribution is -0.276. The van der Waals surface area contributed by atoms with Crippen molar-refractivity contribution in [2.45, 2.75) is 44.1 Å². The third kappa shape index (κ3) is 3.62. The van der Waals surface area contributed by atoms with E-state index in [1.54, 1.807) is 22.5 Å². The lowest BCUT2D eigenvalue weighted by Crippen LogP contribution is -2.70. The van der Waals surface area contributed by atoms with Crippen LogP contribution >= 0.6 is 27.3 Å². The monoisotopic (exact) mass is 544 g/mol. The maximum atomic E-state index is 14.6. The Morgan fingerprint density at radius 2 is 2.06 bits per heavy atom. The first-order valence-corrected chi connectivity index (χ1v) is 11.7. The number of carboxylic acid groups (broad SMARTS) is 1. The zero-order chi connectivity index (χ0) is 23.7. The molecule has 1 aromatic carbocycles. The molecule has 2 N–H and O–H groups in total. The van der Waals surface area contributed by atoms with Gasteiger partial charge in [0.15, 0.2) is 22.5 Å². The highest BCUT2D eigenvalue weighted by atomic mass is 79.9. The molecule has 0 aliphatic carbocycles. The summed E-state index contributed by atoms with van der Waals surface area (Å²) in [4.78, 5) is 23.4. The number of piperazine rings is 1. The van der Waals surface area contributed by atoms with E-state index in [1.165, 1.54) is 16.2 Å². The minimum absolute atomic E-state index is 0.0443. The summed E-state index contributed by atoms with van der Waals surface area (Å²) < 4.78 is 40.4. The number of amides is 1. The molecule has 2 aromatic heterocycles. The van der Waals surface area contributed by atoms with Gasteiger partial charge in [0, 0.05) is 24.7 Å². The number of alkyl halides is 2. The molecule has 0 radical (unpaired) electrons. The van der Waals surface area contributed by atoms with Crippen molar-refractivity contribution in [2.24, 2.45) is 0 Å². The summed E-state index contributed by atoms with van der Waals surface area (Å²) in [6.07, 6.45) is -2.51. The number of nitrogens with zero attached hydrogens (tertiary/aromatic N) is 4. The number of rotatable bonds is 5. The number of hydrogen-bond donors (Lipinski definition) is 2. The van der Waals surface area contributed by atoms with Crippen molar-refractivity contribution in [3.8, 4) is 16.3 Å². The fraction of sp³-hybridized carbons (Fsp3) is 0.450. The first-order chi connectivity index (χ1) is 15.5. The number of ether oxygens (including phenoxy) is 1. The summed E-state index contributed by atoms with van der Waals surface area (Å²) in [5.74, 6) is -0.276. The van der Waals surface area contributed by atoms with Gasteiger partial charge in [-0.3, -0.25) is 4.90 Å². The molecular weight excluding hydrogens is 526 g/mol. The number of thiazole rings is 1. The summed E-state index contributed by atoms with van der Waals surface area (Å²) in [6, 6.07) is 1.37. The summed E-state index contributed by atoms with van der Waals surface area (Å²) in [6.45, 7) is 2.65. The van der Waals surface area contributed by atoms with Crippen molar-refractivity contribution in [2.75, 3.05) is 18.0 Å². The first-order valence-electron chi connectivity index (χ1n) is 10.0. The van der Waals surface area contributed by atoms with Gasteiger partial charge in [-0.2, -0.15) is 13.8 Å². The molecule has 5 heterocycles. The third-order valence-corrected chi connectivity index (χ3v) is 7.25. The van der Waals surface area contributed by atoms with E-state index in [-0.39, 0.29) is 39.4 Å². The minimum atomic E-state index is -3.92. The molecule has 33 heavy (non-hydrogen) atoms. The number of piperidine rings is 1. The van der Waals surface area contributed by atoms with E-state index >= 15 is 0 Å². The molecular formula is C20H19BrF2N4O5S. The van der Waals surface area contributed by atoms with Crippen LogP contribution in [-0.2, 0) is 0 Å². The highest BCUT2D eigenvalue weighted by Gasteiger charge is 2.50. The normalized spacial score (nSPS) is 20.8. The van der Waals surface area contributed by atoms with Crippen LogP contribution in [-0.4, -0.2) is 68.1 Å². The largest absolute Gasteiger partial charge is 0.465 e. The number of oxazole rings is 1. The predicted octanol–water partition coefficient (Wildman–Crippen LogP) is 4.40. The van der Waals surface area contributed by atoms with Gasteiger partial charge in [-0.15, -0.1) is 11.3 Å². The predicted molar refractivity (Wildman–Crippen MR) is 119 cm³/mol. The van der Waals surface area contributed by atoms with E-state index in [9.17, 15) is 23.8 Å². The van der Waals surface area contributed by atoms with Crippen LogP contribution in [0.4, 0.5) is 19.6 Å². The summed E-state index contributed by atoms with van der Waals surface area (Å²) in [5.41, 5.74) is -1.66. The zero-order valence-electron chi connectivity index (χ0n) is 17.5. The number of fused-ring (bicyclic) bond motifs is 3. The van der Waals surface area contributed by atoms with Crippen molar-refractivity contribution in [3.05, 3.63) is 22.1 Å². The van der Waals surface area contributed by atoms with Gasteiger partial charge >= 0.3 is 12.2 Å². The zero-order valence-corrected chi connectivity index (χ0v) is 19.9. The van der Waals surface area contributed by atoms with Crippen LogP contribution < -0.4 is 9.64 Å². The van der Waals surface area contributed by atoms with Gasteiger partial charge < -0.3 is 24.3 Å². The van der Waals surface area contributed by atoms with Crippen molar-refractivity contribution >= 4 is 50.5 Å². The number of anilines is 1. The van der Waals surface area contributed by atoms with Gasteiger partial charge in [0.2, 0.25) is 0 Å². The van der Waals surface area contributed by atoms with Crippen LogP contribution in [0.3, 0.4) is 0 Å². The Morgan fingerprint density at radius 3 is 2.64 bits per heavy atom. The fourth-order valence-electron chi connectivity index (χ4n) is 4.10. The molecule has 6 rings (SSSR count). The molecule has 3 aliphatic rings. The van der Waals surface area contributed by atoms with E-state index in [4.69, 9.17) is 9.15 Å².